The van der Waals surface area contributed by atoms with Gasteiger partial charge in [0.1, 0.15) is 5.75 Å². The van der Waals surface area contributed by atoms with Gasteiger partial charge in [0.05, 0.1) is 27.7 Å². The Hall–Kier alpha value is -1.73. The number of nitrogens with one attached hydrogen (secondary N) is 1. The number of carbonyl (C=O) groups is 1. The van der Waals surface area contributed by atoms with Crippen molar-refractivity contribution in [1.29, 1.82) is 0 Å². The third-order valence-electron chi connectivity index (χ3n) is 2.72. The quantitative estimate of drug-likeness (QED) is 0.830. The third kappa shape index (κ3) is 3.23. The zero-order valence-corrected chi connectivity index (χ0v) is 12.8. The largest absolute Gasteiger partial charge is 0.494 e. The first-order valence-corrected chi connectivity index (χ1v) is 7.37. The first-order valence-electron chi connectivity index (χ1n) is 6.15. The van der Waals surface area contributed by atoms with Crippen LogP contribution in [0, 0.1) is 5.92 Å². The van der Waals surface area contributed by atoms with Crippen LogP contribution in [0.4, 0.5) is 5.13 Å². The van der Waals surface area contributed by atoms with Gasteiger partial charge < -0.3 is 15.8 Å². The van der Waals surface area contributed by atoms with Crippen LogP contribution in [0.3, 0.4) is 0 Å². The highest BCUT2D eigenvalue weighted by Gasteiger charge is 2.17. The number of hydrogen-bond donors (Lipinski definition) is 2. The van der Waals surface area contributed by atoms with Crippen LogP contribution in [0.25, 0.3) is 10.2 Å². The van der Waals surface area contributed by atoms with Gasteiger partial charge >= 0.3 is 0 Å². The van der Waals surface area contributed by atoms with Crippen LogP contribution in [-0.4, -0.2) is 22.5 Å². The Morgan fingerprint density at radius 3 is 3.00 bits per heavy atom. The van der Waals surface area contributed by atoms with Gasteiger partial charge in [-0.1, -0.05) is 23.6 Å². The molecule has 0 aliphatic carbocycles. The molecule has 2 aromatic rings. The molecule has 2 rings (SSSR count). The average Bonchev–Trinajstić information content (AvgIpc) is 2.79. The summed E-state index contributed by atoms with van der Waals surface area (Å²) in [6.45, 7) is 4.21. The molecule has 0 spiro atoms. The van der Waals surface area contributed by atoms with Crippen molar-refractivity contribution in [2.24, 2.45) is 11.7 Å². The van der Waals surface area contributed by atoms with E-state index in [0.717, 1.165) is 16.0 Å². The molecule has 0 radical (unpaired) electrons. The predicted octanol–water partition coefficient (Wildman–Crippen LogP) is 2.56. The molecular formula is C13H15N3O2S2. The van der Waals surface area contributed by atoms with Gasteiger partial charge in [-0.15, -0.1) is 0 Å². The summed E-state index contributed by atoms with van der Waals surface area (Å²) < 4.78 is 6.38. The van der Waals surface area contributed by atoms with Crippen molar-refractivity contribution < 1.29 is 9.53 Å². The molecule has 3 N–H and O–H groups in total. The Kier molecular flexibility index (Phi) is 4.51. The number of anilines is 1. The molecule has 1 unspecified atom stereocenters. The molecule has 106 valence electrons. The number of carbonyl (C=O) groups excluding carboxylic acids is 1. The molecule has 1 atom stereocenters. The van der Waals surface area contributed by atoms with Gasteiger partial charge in [0.15, 0.2) is 5.13 Å². The summed E-state index contributed by atoms with van der Waals surface area (Å²) in [5.41, 5.74) is 6.27. The molecule has 0 saturated carbocycles. The van der Waals surface area contributed by atoms with E-state index in [1.807, 2.05) is 25.1 Å². The zero-order valence-electron chi connectivity index (χ0n) is 11.2. The number of benzene rings is 1. The SMILES string of the molecule is CCOc1ccc2nc(NC(=O)C(C)C(N)=S)sc2c1. The lowest BCUT2D eigenvalue weighted by molar-refractivity contribution is -0.117. The smallest absolute Gasteiger partial charge is 0.235 e. The fourth-order valence-corrected chi connectivity index (χ4v) is 2.56. The average molecular weight is 309 g/mol. The van der Waals surface area contributed by atoms with Gasteiger partial charge in [-0.3, -0.25) is 4.79 Å². The van der Waals surface area contributed by atoms with Crippen molar-refractivity contribution in [2.75, 3.05) is 11.9 Å². The standard InChI is InChI=1S/C13H15N3O2S2/c1-3-18-8-4-5-9-10(6-8)20-13(15-9)16-12(17)7(2)11(14)19/h4-7H,3H2,1-2H3,(H2,14,19)(H,15,16,17). The lowest BCUT2D eigenvalue weighted by Gasteiger charge is -2.07. The molecule has 7 heteroatoms. The Labute approximate surface area is 126 Å². The molecule has 20 heavy (non-hydrogen) atoms. The molecule has 0 fully saturated rings. The van der Waals surface area contributed by atoms with Gasteiger partial charge in [-0.05, 0) is 32.0 Å². The number of amides is 1. The van der Waals surface area contributed by atoms with Crippen molar-refractivity contribution in [3.63, 3.8) is 0 Å². The van der Waals surface area contributed by atoms with Gasteiger partial charge in [0, 0.05) is 0 Å². The van der Waals surface area contributed by atoms with Gasteiger partial charge in [0.25, 0.3) is 0 Å². The summed E-state index contributed by atoms with van der Waals surface area (Å²) in [5, 5.41) is 3.25. The lowest BCUT2D eigenvalue weighted by Crippen LogP contribution is -2.30. The van der Waals surface area contributed by atoms with Crippen LogP contribution in [0.2, 0.25) is 0 Å². The molecule has 1 aromatic carbocycles. The monoisotopic (exact) mass is 309 g/mol. The highest BCUT2D eigenvalue weighted by molar-refractivity contribution is 7.80. The molecule has 1 heterocycles. The number of thiazole rings is 1. The fraction of sp³-hybridized carbons (Fsp3) is 0.308. The molecule has 5 nitrogen and oxygen atoms in total. The summed E-state index contributed by atoms with van der Waals surface area (Å²) in [7, 11) is 0. The maximum absolute atomic E-state index is 11.9. The minimum atomic E-state index is -0.518. The van der Waals surface area contributed by atoms with E-state index in [9.17, 15) is 4.79 Å². The van der Waals surface area contributed by atoms with E-state index in [1.165, 1.54) is 11.3 Å². The topological polar surface area (TPSA) is 77.2 Å². The second kappa shape index (κ2) is 6.15. The van der Waals surface area contributed by atoms with Crippen molar-refractivity contribution in [3.05, 3.63) is 18.2 Å². The van der Waals surface area contributed by atoms with Crippen molar-refractivity contribution >= 4 is 49.8 Å². The summed E-state index contributed by atoms with van der Waals surface area (Å²) >= 11 is 6.19. The second-order valence-electron chi connectivity index (χ2n) is 4.19. The fourth-order valence-electron chi connectivity index (χ4n) is 1.56. The molecule has 0 aliphatic heterocycles. The van der Waals surface area contributed by atoms with Crippen LogP contribution >= 0.6 is 23.6 Å². The van der Waals surface area contributed by atoms with Crippen LogP contribution < -0.4 is 15.8 Å². The summed E-state index contributed by atoms with van der Waals surface area (Å²) in [6.07, 6.45) is 0. The van der Waals surface area contributed by atoms with Crippen molar-refractivity contribution in [2.45, 2.75) is 13.8 Å². The number of fused-ring (bicyclic) bond motifs is 1. The Morgan fingerprint density at radius 2 is 2.35 bits per heavy atom. The minimum absolute atomic E-state index is 0.169. The number of hydrogen-bond acceptors (Lipinski definition) is 5. The van der Waals surface area contributed by atoms with E-state index in [-0.39, 0.29) is 10.9 Å². The number of nitrogens with zero attached hydrogens (tertiary/aromatic N) is 1. The van der Waals surface area contributed by atoms with Crippen molar-refractivity contribution in [3.8, 4) is 5.75 Å². The third-order valence-corrected chi connectivity index (χ3v) is 4.01. The van der Waals surface area contributed by atoms with Crippen LogP contribution in [0.1, 0.15) is 13.8 Å². The Bertz CT molecular complexity index is 654. The van der Waals surface area contributed by atoms with E-state index < -0.39 is 5.92 Å². The zero-order chi connectivity index (χ0) is 14.7. The molecule has 1 amide bonds. The maximum atomic E-state index is 11.9. The van der Waals surface area contributed by atoms with Gasteiger partial charge in [-0.25, -0.2) is 4.98 Å². The highest BCUT2D eigenvalue weighted by Crippen LogP contribution is 2.29. The van der Waals surface area contributed by atoms with E-state index in [1.54, 1.807) is 6.92 Å². The van der Waals surface area contributed by atoms with Crippen LogP contribution in [0.15, 0.2) is 18.2 Å². The molecule has 0 aliphatic rings. The number of aromatic nitrogens is 1. The van der Waals surface area contributed by atoms with E-state index >= 15 is 0 Å². The summed E-state index contributed by atoms with van der Waals surface area (Å²) in [4.78, 5) is 16.4. The second-order valence-corrected chi connectivity index (χ2v) is 5.70. The summed E-state index contributed by atoms with van der Waals surface area (Å²) in [6, 6.07) is 5.63. The molecule has 0 saturated heterocycles. The number of rotatable bonds is 5. The van der Waals surface area contributed by atoms with E-state index in [2.05, 4.69) is 10.3 Å². The minimum Gasteiger partial charge on any atom is -0.494 e. The lowest BCUT2D eigenvalue weighted by atomic mass is 10.2. The Balaban J connectivity index is 2.19. The normalized spacial score (nSPS) is 12.1. The summed E-state index contributed by atoms with van der Waals surface area (Å²) in [5.74, 6) is 0.0237. The Morgan fingerprint density at radius 1 is 1.60 bits per heavy atom. The predicted molar refractivity (Wildman–Crippen MR) is 85.4 cm³/mol. The van der Waals surface area contributed by atoms with Crippen LogP contribution in [0.5, 0.6) is 5.75 Å². The van der Waals surface area contributed by atoms with Gasteiger partial charge in [0.2, 0.25) is 5.91 Å². The highest BCUT2D eigenvalue weighted by atomic mass is 32.1. The number of nitrogens with two attached hydrogens (primary N) is 1. The van der Waals surface area contributed by atoms with Gasteiger partial charge in [-0.2, -0.15) is 0 Å². The van der Waals surface area contributed by atoms with Crippen molar-refractivity contribution in [1.82, 2.24) is 4.98 Å². The molecule has 0 bridgehead atoms. The molecule has 1 aromatic heterocycles. The first kappa shape index (κ1) is 14.7. The molecular weight excluding hydrogens is 294 g/mol. The number of thiocarbonyl (C=S) groups is 1. The van der Waals surface area contributed by atoms with E-state index in [4.69, 9.17) is 22.7 Å². The van der Waals surface area contributed by atoms with Crippen LogP contribution in [-0.2, 0) is 4.79 Å². The number of ether oxygens (including phenoxy) is 1. The van der Waals surface area contributed by atoms with E-state index in [0.29, 0.717) is 11.7 Å². The first-order chi connectivity index (χ1) is 9.51. The maximum Gasteiger partial charge on any atom is 0.235 e.